The van der Waals surface area contributed by atoms with Gasteiger partial charge in [-0.1, -0.05) is 12.5 Å². The van der Waals surface area contributed by atoms with E-state index >= 15 is 0 Å². The molecule has 0 aliphatic heterocycles. The number of carbonyl (C=O) groups is 1. The number of ether oxygens (including phenoxy) is 1. The molecule has 1 fully saturated rings. The standard InChI is InChI=1S/C15H22N2O3/c1-2-20-14-11(6-4-7-12(14)16)15(19)17-9-10-5-3-8-13(10)18/h4,6-7,10,13,18H,2-3,5,8-9,16H2,1H3,(H,17,19). The van der Waals surface area contributed by atoms with Crippen molar-refractivity contribution in [3.8, 4) is 5.75 Å². The summed E-state index contributed by atoms with van der Waals surface area (Å²) in [5.41, 5.74) is 6.74. The van der Waals surface area contributed by atoms with E-state index in [4.69, 9.17) is 10.5 Å². The van der Waals surface area contributed by atoms with Gasteiger partial charge in [-0.2, -0.15) is 0 Å². The van der Waals surface area contributed by atoms with Crippen molar-refractivity contribution in [3.63, 3.8) is 0 Å². The summed E-state index contributed by atoms with van der Waals surface area (Å²) in [5.74, 6) is 0.370. The normalized spacial score (nSPS) is 21.7. The first kappa shape index (κ1) is 14.7. The zero-order valence-corrected chi connectivity index (χ0v) is 11.8. The highest BCUT2D eigenvalue weighted by molar-refractivity contribution is 5.98. The van der Waals surface area contributed by atoms with Crippen LogP contribution in [-0.2, 0) is 0 Å². The van der Waals surface area contributed by atoms with E-state index in [0.717, 1.165) is 19.3 Å². The molecule has 0 aromatic heterocycles. The van der Waals surface area contributed by atoms with E-state index in [2.05, 4.69) is 5.32 Å². The Hall–Kier alpha value is -1.75. The summed E-state index contributed by atoms with van der Waals surface area (Å²) >= 11 is 0. The van der Waals surface area contributed by atoms with Crippen molar-refractivity contribution in [2.75, 3.05) is 18.9 Å². The number of anilines is 1. The molecule has 1 amide bonds. The molecule has 5 heteroatoms. The monoisotopic (exact) mass is 278 g/mol. The van der Waals surface area contributed by atoms with E-state index in [1.54, 1.807) is 18.2 Å². The predicted octanol–water partition coefficient (Wildman–Crippen LogP) is 1.56. The van der Waals surface area contributed by atoms with Gasteiger partial charge in [0.05, 0.1) is 24.0 Å². The van der Waals surface area contributed by atoms with Crippen LogP contribution in [0.15, 0.2) is 18.2 Å². The van der Waals surface area contributed by atoms with Crippen molar-refractivity contribution in [1.29, 1.82) is 0 Å². The second-order valence-corrected chi connectivity index (χ2v) is 5.13. The van der Waals surface area contributed by atoms with Gasteiger partial charge in [-0.3, -0.25) is 4.79 Å². The van der Waals surface area contributed by atoms with Gasteiger partial charge in [0.25, 0.3) is 5.91 Å². The maximum atomic E-state index is 12.2. The maximum absolute atomic E-state index is 12.2. The van der Waals surface area contributed by atoms with Crippen LogP contribution in [0.1, 0.15) is 36.5 Å². The molecular weight excluding hydrogens is 256 g/mol. The zero-order valence-electron chi connectivity index (χ0n) is 11.8. The molecule has 110 valence electrons. The van der Waals surface area contributed by atoms with Gasteiger partial charge >= 0.3 is 0 Å². The lowest BCUT2D eigenvalue weighted by Crippen LogP contribution is -2.32. The number of carbonyl (C=O) groups excluding carboxylic acids is 1. The number of aliphatic hydroxyl groups is 1. The van der Waals surface area contributed by atoms with Crippen LogP contribution in [0, 0.1) is 5.92 Å². The molecule has 1 saturated carbocycles. The van der Waals surface area contributed by atoms with Crippen LogP contribution in [0.25, 0.3) is 0 Å². The number of benzene rings is 1. The van der Waals surface area contributed by atoms with Crippen molar-refractivity contribution >= 4 is 11.6 Å². The maximum Gasteiger partial charge on any atom is 0.255 e. The minimum absolute atomic E-state index is 0.149. The Morgan fingerprint density at radius 2 is 2.30 bits per heavy atom. The number of nitrogens with two attached hydrogens (primary N) is 1. The molecule has 1 aromatic carbocycles. The number of amides is 1. The molecule has 0 radical (unpaired) electrons. The Labute approximate surface area is 119 Å². The van der Waals surface area contributed by atoms with Gasteiger partial charge in [-0.15, -0.1) is 0 Å². The first-order valence-electron chi connectivity index (χ1n) is 7.11. The molecule has 1 aliphatic carbocycles. The first-order valence-corrected chi connectivity index (χ1v) is 7.11. The van der Waals surface area contributed by atoms with Crippen LogP contribution < -0.4 is 15.8 Å². The Bertz CT molecular complexity index is 476. The van der Waals surface area contributed by atoms with Crippen LogP contribution in [0.2, 0.25) is 0 Å². The number of hydrogen-bond donors (Lipinski definition) is 3. The highest BCUT2D eigenvalue weighted by atomic mass is 16.5. The topological polar surface area (TPSA) is 84.6 Å². The minimum Gasteiger partial charge on any atom is -0.491 e. The summed E-state index contributed by atoms with van der Waals surface area (Å²) in [4.78, 5) is 12.2. The number of rotatable bonds is 5. The van der Waals surface area contributed by atoms with Crippen molar-refractivity contribution in [3.05, 3.63) is 23.8 Å². The summed E-state index contributed by atoms with van der Waals surface area (Å²) < 4.78 is 5.45. The molecule has 2 rings (SSSR count). The predicted molar refractivity (Wildman–Crippen MR) is 77.7 cm³/mol. The van der Waals surface area contributed by atoms with Gasteiger partial charge in [0, 0.05) is 12.5 Å². The van der Waals surface area contributed by atoms with E-state index in [9.17, 15) is 9.90 Å². The van der Waals surface area contributed by atoms with Gasteiger partial charge in [-0.05, 0) is 31.9 Å². The summed E-state index contributed by atoms with van der Waals surface area (Å²) in [6.07, 6.45) is 2.49. The van der Waals surface area contributed by atoms with Crippen LogP contribution in [0.5, 0.6) is 5.75 Å². The molecule has 2 unspecified atom stereocenters. The van der Waals surface area contributed by atoms with Crippen LogP contribution in [-0.4, -0.2) is 30.3 Å². The molecule has 4 N–H and O–H groups in total. The van der Waals surface area contributed by atoms with Crippen LogP contribution >= 0.6 is 0 Å². The molecule has 5 nitrogen and oxygen atoms in total. The zero-order chi connectivity index (χ0) is 14.5. The molecule has 1 aliphatic rings. The Morgan fingerprint density at radius 1 is 1.50 bits per heavy atom. The second kappa shape index (κ2) is 6.61. The number of hydrogen-bond acceptors (Lipinski definition) is 4. The van der Waals surface area contributed by atoms with Gasteiger partial charge in [0.1, 0.15) is 0 Å². The van der Waals surface area contributed by atoms with Crippen molar-refractivity contribution in [1.82, 2.24) is 5.32 Å². The van der Waals surface area contributed by atoms with Crippen LogP contribution in [0.3, 0.4) is 0 Å². The van der Waals surface area contributed by atoms with E-state index in [-0.39, 0.29) is 17.9 Å². The molecule has 20 heavy (non-hydrogen) atoms. The van der Waals surface area contributed by atoms with Crippen LogP contribution in [0.4, 0.5) is 5.69 Å². The fourth-order valence-corrected chi connectivity index (χ4v) is 2.61. The molecule has 0 heterocycles. The summed E-state index contributed by atoms with van der Waals surface area (Å²) in [5, 5.41) is 12.6. The summed E-state index contributed by atoms with van der Waals surface area (Å²) in [6, 6.07) is 5.14. The van der Waals surface area contributed by atoms with E-state index in [0.29, 0.717) is 30.2 Å². The summed E-state index contributed by atoms with van der Waals surface area (Å²) in [6.45, 7) is 2.79. The smallest absolute Gasteiger partial charge is 0.255 e. The lowest BCUT2D eigenvalue weighted by atomic mass is 10.1. The van der Waals surface area contributed by atoms with Gasteiger partial charge in [0.2, 0.25) is 0 Å². The van der Waals surface area contributed by atoms with Gasteiger partial charge in [0.15, 0.2) is 5.75 Å². The van der Waals surface area contributed by atoms with E-state index < -0.39 is 0 Å². The Kier molecular flexibility index (Phi) is 4.84. The average Bonchev–Trinajstić information content (AvgIpc) is 2.84. The molecule has 1 aromatic rings. The van der Waals surface area contributed by atoms with Gasteiger partial charge in [-0.25, -0.2) is 0 Å². The first-order chi connectivity index (χ1) is 9.63. The fraction of sp³-hybridized carbons (Fsp3) is 0.533. The SMILES string of the molecule is CCOc1c(N)cccc1C(=O)NCC1CCCC1O. The number of para-hydroxylation sites is 1. The van der Waals surface area contributed by atoms with E-state index in [1.165, 1.54) is 0 Å². The van der Waals surface area contributed by atoms with Gasteiger partial charge < -0.3 is 20.9 Å². The molecular formula is C15H22N2O3. The van der Waals surface area contributed by atoms with Crippen molar-refractivity contribution < 1.29 is 14.6 Å². The third-order valence-corrected chi connectivity index (χ3v) is 3.72. The van der Waals surface area contributed by atoms with Crippen molar-refractivity contribution in [2.24, 2.45) is 5.92 Å². The lowest BCUT2D eigenvalue weighted by molar-refractivity contribution is 0.0913. The quantitative estimate of drug-likeness (QED) is 0.714. The molecule has 0 spiro atoms. The minimum atomic E-state index is -0.303. The Balaban J connectivity index is 2.03. The third kappa shape index (κ3) is 3.22. The molecule has 0 saturated heterocycles. The molecule has 2 atom stereocenters. The lowest BCUT2D eigenvalue weighted by Gasteiger charge is -2.16. The fourth-order valence-electron chi connectivity index (χ4n) is 2.61. The Morgan fingerprint density at radius 3 is 2.95 bits per heavy atom. The largest absolute Gasteiger partial charge is 0.491 e. The third-order valence-electron chi connectivity index (χ3n) is 3.72. The van der Waals surface area contributed by atoms with E-state index in [1.807, 2.05) is 6.92 Å². The molecule has 0 bridgehead atoms. The van der Waals surface area contributed by atoms with Crippen molar-refractivity contribution in [2.45, 2.75) is 32.3 Å². The number of nitrogen functional groups attached to an aromatic ring is 1. The number of nitrogens with one attached hydrogen (secondary N) is 1. The summed E-state index contributed by atoms with van der Waals surface area (Å²) in [7, 11) is 0. The highest BCUT2D eigenvalue weighted by Gasteiger charge is 2.26. The second-order valence-electron chi connectivity index (χ2n) is 5.13. The highest BCUT2D eigenvalue weighted by Crippen LogP contribution is 2.27. The average molecular weight is 278 g/mol. The number of aliphatic hydroxyl groups excluding tert-OH is 1.